The minimum Gasteiger partial charge on any atom is -0.462 e. The van der Waals surface area contributed by atoms with E-state index in [0.717, 1.165) is 30.2 Å². The maximum Gasteiger partial charge on any atom is 0.338 e. The van der Waals surface area contributed by atoms with Gasteiger partial charge in [0.2, 0.25) is 0 Å². The molecular weight excluding hydrogens is 406 g/mol. The Morgan fingerprint density at radius 1 is 1.09 bits per heavy atom. The summed E-state index contributed by atoms with van der Waals surface area (Å²) in [4.78, 5) is 37.9. The number of nitrogens with zero attached hydrogens (tertiary/aromatic N) is 4. The Morgan fingerprint density at radius 3 is 2.41 bits per heavy atom. The lowest BCUT2D eigenvalue weighted by atomic mass is 10.2. The molecule has 0 unspecified atom stereocenters. The van der Waals surface area contributed by atoms with Crippen LogP contribution < -0.4 is 10.2 Å². The number of benzene rings is 1. The fourth-order valence-corrected chi connectivity index (χ4v) is 3.42. The molecule has 1 aromatic carbocycles. The zero-order chi connectivity index (χ0) is 23.1. The second-order valence-electron chi connectivity index (χ2n) is 8.35. The molecule has 3 rings (SSSR count). The number of rotatable bonds is 7. The fraction of sp³-hybridized carbons (Fsp3) is 0.500. The van der Waals surface area contributed by atoms with Gasteiger partial charge in [0.15, 0.2) is 0 Å². The number of unbranched alkanes of at least 4 members (excludes halogenated alkanes) is 1. The first-order chi connectivity index (χ1) is 15.4. The molecule has 0 spiro atoms. The van der Waals surface area contributed by atoms with Crippen LogP contribution >= 0.6 is 0 Å². The van der Waals surface area contributed by atoms with Crippen LogP contribution in [0.5, 0.6) is 0 Å². The molecule has 1 aromatic heterocycles. The maximum absolute atomic E-state index is 12.7. The summed E-state index contributed by atoms with van der Waals surface area (Å²) in [6, 6.07) is 8.64. The highest BCUT2D eigenvalue weighted by atomic mass is 16.5. The van der Waals surface area contributed by atoms with Crippen LogP contribution in [0.15, 0.2) is 30.3 Å². The summed E-state index contributed by atoms with van der Waals surface area (Å²) in [5, 5.41) is 2.91. The zero-order valence-corrected chi connectivity index (χ0v) is 19.4. The van der Waals surface area contributed by atoms with E-state index in [2.05, 4.69) is 29.0 Å². The monoisotopic (exact) mass is 439 g/mol. The van der Waals surface area contributed by atoms with E-state index in [1.807, 2.05) is 19.9 Å². The average Bonchev–Trinajstić information content (AvgIpc) is 2.79. The second-order valence-corrected chi connectivity index (χ2v) is 8.35. The van der Waals surface area contributed by atoms with E-state index in [0.29, 0.717) is 44.0 Å². The number of piperazine rings is 1. The van der Waals surface area contributed by atoms with E-state index in [4.69, 9.17) is 9.72 Å². The van der Waals surface area contributed by atoms with Gasteiger partial charge in [-0.25, -0.2) is 19.6 Å². The summed E-state index contributed by atoms with van der Waals surface area (Å²) in [5.41, 5.74) is 2.08. The predicted octanol–water partition coefficient (Wildman–Crippen LogP) is 4.22. The normalized spacial score (nSPS) is 13.9. The molecule has 1 fully saturated rings. The van der Waals surface area contributed by atoms with Crippen molar-refractivity contribution in [1.29, 1.82) is 0 Å². The Kier molecular flexibility index (Phi) is 8.03. The first-order valence-electron chi connectivity index (χ1n) is 11.3. The van der Waals surface area contributed by atoms with E-state index in [9.17, 15) is 9.59 Å². The van der Waals surface area contributed by atoms with E-state index in [1.54, 1.807) is 29.2 Å². The van der Waals surface area contributed by atoms with E-state index in [1.165, 1.54) is 0 Å². The summed E-state index contributed by atoms with van der Waals surface area (Å²) >= 11 is 0. The van der Waals surface area contributed by atoms with Gasteiger partial charge in [0.05, 0.1) is 12.2 Å². The minimum atomic E-state index is -0.340. The van der Waals surface area contributed by atoms with Crippen LogP contribution in [-0.4, -0.2) is 59.7 Å². The molecule has 32 heavy (non-hydrogen) atoms. The van der Waals surface area contributed by atoms with Crippen LogP contribution in [0.4, 0.5) is 16.3 Å². The van der Waals surface area contributed by atoms with Crippen LogP contribution in [0.1, 0.15) is 61.4 Å². The summed E-state index contributed by atoms with van der Waals surface area (Å²) in [7, 11) is 0. The van der Waals surface area contributed by atoms with Gasteiger partial charge in [-0.2, -0.15) is 0 Å². The molecule has 1 aliphatic rings. The van der Waals surface area contributed by atoms with Gasteiger partial charge in [-0.3, -0.25) is 0 Å². The molecule has 1 saturated heterocycles. The minimum absolute atomic E-state index is 0.148. The molecule has 8 nitrogen and oxygen atoms in total. The molecule has 2 heterocycles. The highest BCUT2D eigenvalue weighted by molar-refractivity contribution is 5.92. The smallest absolute Gasteiger partial charge is 0.338 e. The quantitative estimate of drug-likeness (QED) is 0.513. The highest BCUT2D eigenvalue weighted by Crippen LogP contribution is 2.19. The van der Waals surface area contributed by atoms with Gasteiger partial charge in [0.1, 0.15) is 11.6 Å². The van der Waals surface area contributed by atoms with Crippen molar-refractivity contribution >= 4 is 23.5 Å². The van der Waals surface area contributed by atoms with Gasteiger partial charge in [-0.15, -0.1) is 0 Å². The van der Waals surface area contributed by atoms with Crippen LogP contribution in [0.25, 0.3) is 0 Å². The Bertz CT molecular complexity index is 922. The summed E-state index contributed by atoms with van der Waals surface area (Å²) in [5.74, 6) is 1.69. The Hall–Kier alpha value is -3.16. The highest BCUT2D eigenvalue weighted by Gasteiger charge is 2.23. The van der Waals surface area contributed by atoms with Gasteiger partial charge in [0, 0.05) is 49.5 Å². The maximum atomic E-state index is 12.7. The third kappa shape index (κ3) is 6.18. The average molecular weight is 440 g/mol. The molecular formula is C24H33N5O3. The van der Waals surface area contributed by atoms with Gasteiger partial charge in [-0.05, 0) is 37.6 Å². The van der Waals surface area contributed by atoms with E-state index >= 15 is 0 Å². The molecule has 2 amide bonds. The van der Waals surface area contributed by atoms with Crippen molar-refractivity contribution in [2.75, 3.05) is 43.0 Å². The van der Waals surface area contributed by atoms with Crippen molar-refractivity contribution in [3.8, 4) is 0 Å². The number of hydrogen-bond donors (Lipinski definition) is 1. The number of amides is 2. The lowest BCUT2D eigenvalue weighted by Gasteiger charge is -2.35. The van der Waals surface area contributed by atoms with E-state index in [-0.39, 0.29) is 17.9 Å². The van der Waals surface area contributed by atoms with Gasteiger partial charge < -0.3 is 19.9 Å². The molecule has 1 N–H and O–H groups in total. The molecule has 1 aliphatic heterocycles. The lowest BCUT2D eigenvalue weighted by molar-refractivity contribution is 0.0499. The van der Waals surface area contributed by atoms with Crippen LogP contribution in [0.3, 0.4) is 0 Å². The van der Waals surface area contributed by atoms with Gasteiger partial charge in [-0.1, -0.05) is 27.2 Å². The number of esters is 1. The SMILES string of the molecule is CCCCOC(=O)c1ccc(NC(=O)N2CCN(c3cc(C)nc(C(C)C)n3)CC2)cc1. The summed E-state index contributed by atoms with van der Waals surface area (Å²) in [6.45, 7) is 11.3. The number of nitrogens with one attached hydrogen (secondary N) is 1. The number of anilines is 2. The number of aromatic nitrogens is 2. The predicted molar refractivity (Wildman–Crippen MR) is 125 cm³/mol. The number of urea groups is 1. The second kappa shape index (κ2) is 10.9. The fourth-order valence-electron chi connectivity index (χ4n) is 3.42. The van der Waals surface area contributed by atoms with Gasteiger partial charge in [0.25, 0.3) is 0 Å². The largest absolute Gasteiger partial charge is 0.462 e. The van der Waals surface area contributed by atoms with Crippen molar-refractivity contribution in [1.82, 2.24) is 14.9 Å². The topological polar surface area (TPSA) is 87.7 Å². The molecule has 8 heteroatoms. The zero-order valence-electron chi connectivity index (χ0n) is 19.4. The standard InChI is InChI=1S/C24H33N5O3/c1-5-6-15-32-23(30)19-7-9-20(10-8-19)26-24(31)29-13-11-28(12-14-29)21-16-18(4)25-22(27-21)17(2)3/h7-10,16-17H,5-6,11-15H2,1-4H3,(H,26,31). The first-order valence-corrected chi connectivity index (χ1v) is 11.3. The van der Waals surface area contributed by atoms with Crippen LogP contribution in [-0.2, 0) is 4.74 Å². The Balaban J connectivity index is 1.52. The molecule has 0 aliphatic carbocycles. The summed E-state index contributed by atoms with van der Waals surface area (Å²) < 4.78 is 5.21. The number of hydrogen-bond acceptors (Lipinski definition) is 6. The number of aryl methyl sites for hydroxylation is 1. The van der Waals surface area contributed by atoms with Crippen molar-refractivity contribution in [3.63, 3.8) is 0 Å². The Morgan fingerprint density at radius 2 is 1.78 bits per heavy atom. The Labute approximate surface area is 190 Å². The third-order valence-electron chi connectivity index (χ3n) is 5.37. The van der Waals surface area contributed by atoms with Crippen molar-refractivity contribution in [2.24, 2.45) is 0 Å². The van der Waals surface area contributed by atoms with Crippen molar-refractivity contribution in [3.05, 3.63) is 47.4 Å². The molecule has 0 saturated carbocycles. The van der Waals surface area contributed by atoms with Crippen LogP contribution in [0, 0.1) is 6.92 Å². The number of carbonyl (C=O) groups excluding carboxylic acids is 2. The molecule has 2 aromatic rings. The lowest BCUT2D eigenvalue weighted by Crippen LogP contribution is -2.50. The molecule has 0 bridgehead atoms. The summed E-state index contributed by atoms with van der Waals surface area (Å²) in [6.07, 6.45) is 1.83. The number of carbonyl (C=O) groups is 2. The van der Waals surface area contributed by atoms with Crippen molar-refractivity contribution < 1.29 is 14.3 Å². The molecule has 0 radical (unpaired) electrons. The third-order valence-corrected chi connectivity index (χ3v) is 5.37. The molecule has 0 atom stereocenters. The van der Waals surface area contributed by atoms with Gasteiger partial charge >= 0.3 is 12.0 Å². The molecule has 172 valence electrons. The van der Waals surface area contributed by atoms with Crippen LogP contribution in [0.2, 0.25) is 0 Å². The first kappa shape index (κ1) is 23.5. The van der Waals surface area contributed by atoms with Crippen molar-refractivity contribution in [2.45, 2.75) is 46.5 Å². The number of ether oxygens (including phenoxy) is 1. The van der Waals surface area contributed by atoms with E-state index < -0.39 is 0 Å².